The third kappa shape index (κ3) is 4.83. The number of hydrogen-bond donors (Lipinski definition) is 2. The Balaban J connectivity index is 2.48. The molecular formula is C12H21N3OS. The number of nitrogens with one attached hydrogen (secondary N) is 1. The fourth-order valence-corrected chi connectivity index (χ4v) is 2.31. The van der Waals surface area contributed by atoms with Gasteiger partial charge in [-0.15, -0.1) is 11.3 Å². The van der Waals surface area contributed by atoms with Crippen molar-refractivity contribution >= 4 is 17.2 Å². The zero-order chi connectivity index (χ0) is 13.1. The summed E-state index contributed by atoms with van der Waals surface area (Å²) < 4.78 is 0. The highest BCUT2D eigenvalue weighted by atomic mass is 32.1. The number of primary amides is 1. The Morgan fingerprint density at radius 2 is 2.24 bits per heavy atom. The minimum absolute atomic E-state index is 0.0990. The average Bonchev–Trinajstić information content (AvgIpc) is 2.61. The maximum atomic E-state index is 10.7. The number of hydrogen-bond acceptors (Lipinski definition) is 4. The number of nitrogens with two attached hydrogens (primary N) is 1. The molecule has 0 bridgehead atoms. The lowest BCUT2D eigenvalue weighted by Crippen LogP contribution is -2.30. The van der Waals surface area contributed by atoms with Crippen molar-refractivity contribution in [2.24, 2.45) is 5.73 Å². The lowest BCUT2D eigenvalue weighted by atomic mass is 9.98. The quantitative estimate of drug-likeness (QED) is 0.843. The molecule has 0 fully saturated rings. The van der Waals surface area contributed by atoms with Gasteiger partial charge in [0.15, 0.2) is 0 Å². The van der Waals surface area contributed by atoms with Crippen molar-refractivity contribution in [2.45, 2.75) is 52.1 Å². The Bertz CT molecular complexity index is 381. The first-order valence-corrected chi connectivity index (χ1v) is 6.57. The monoisotopic (exact) mass is 255 g/mol. The van der Waals surface area contributed by atoms with E-state index in [9.17, 15) is 4.79 Å². The van der Waals surface area contributed by atoms with Gasteiger partial charge in [-0.2, -0.15) is 0 Å². The number of nitrogens with zero attached hydrogens (tertiary/aromatic N) is 1. The van der Waals surface area contributed by atoms with Crippen LogP contribution in [0.4, 0.5) is 0 Å². The summed E-state index contributed by atoms with van der Waals surface area (Å²) >= 11 is 1.71. The van der Waals surface area contributed by atoms with Crippen LogP contribution in [0.2, 0.25) is 0 Å². The second-order valence-corrected chi connectivity index (χ2v) is 6.45. The molecule has 96 valence electrons. The van der Waals surface area contributed by atoms with E-state index in [0.29, 0.717) is 6.42 Å². The van der Waals surface area contributed by atoms with Gasteiger partial charge >= 0.3 is 0 Å². The minimum Gasteiger partial charge on any atom is -0.370 e. The molecule has 0 saturated carbocycles. The molecule has 0 aliphatic heterocycles. The molecular weight excluding hydrogens is 234 g/mol. The van der Waals surface area contributed by atoms with E-state index in [1.165, 1.54) is 4.88 Å². The molecule has 1 unspecified atom stereocenters. The van der Waals surface area contributed by atoms with Crippen LogP contribution in [0.5, 0.6) is 0 Å². The fraction of sp³-hybridized carbons (Fsp3) is 0.667. The standard InChI is InChI=1S/C12H21N3OS/c1-8(5-10(13)16)14-6-9-7-15-11(17-9)12(2,3)4/h7-8,14H,5-6H2,1-4H3,(H2,13,16). The highest BCUT2D eigenvalue weighted by molar-refractivity contribution is 7.11. The van der Waals surface area contributed by atoms with Crippen LogP contribution in [0.25, 0.3) is 0 Å². The zero-order valence-electron chi connectivity index (χ0n) is 10.9. The number of aromatic nitrogens is 1. The van der Waals surface area contributed by atoms with Gasteiger partial charge in [-0.1, -0.05) is 20.8 Å². The molecule has 1 rings (SSSR count). The second kappa shape index (κ2) is 5.60. The lowest BCUT2D eigenvalue weighted by molar-refractivity contribution is -0.118. The summed E-state index contributed by atoms with van der Waals surface area (Å²) in [6, 6.07) is 0.104. The third-order valence-electron chi connectivity index (χ3n) is 2.33. The smallest absolute Gasteiger partial charge is 0.218 e. The second-order valence-electron chi connectivity index (χ2n) is 5.33. The largest absolute Gasteiger partial charge is 0.370 e. The topological polar surface area (TPSA) is 68.0 Å². The number of thiazole rings is 1. The van der Waals surface area contributed by atoms with Gasteiger partial charge in [-0.3, -0.25) is 4.79 Å². The van der Waals surface area contributed by atoms with Crippen LogP contribution in [-0.4, -0.2) is 16.9 Å². The summed E-state index contributed by atoms with van der Waals surface area (Å²) in [5.41, 5.74) is 5.23. The molecule has 4 nitrogen and oxygen atoms in total. The van der Waals surface area contributed by atoms with Crippen molar-refractivity contribution in [3.8, 4) is 0 Å². The molecule has 5 heteroatoms. The van der Waals surface area contributed by atoms with E-state index in [0.717, 1.165) is 11.6 Å². The molecule has 17 heavy (non-hydrogen) atoms. The summed E-state index contributed by atoms with van der Waals surface area (Å²) in [6.45, 7) is 9.15. The first kappa shape index (κ1) is 14.1. The lowest BCUT2D eigenvalue weighted by Gasteiger charge is -2.13. The maximum Gasteiger partial charge on any atom is 0.218 e. The van der Waals surface area contributed by atoms with Crippen molar-refractivity contribution in [1.82, 2.24) is 10.3 Å². The molecule has 0 spiro atoms. The maximum absolute atomic E-state index is 10.7. The van der Waals surface area contributed by atoms with Gasteiger partial charge < -0.3 is 11.1 Å². The van der Waals surface area contributed by atoms with Gasteiger partial charge in [0.05, 0.1) is 5.01 Å². The zero-order valence-corrected chi connectivity index (χ0v) is 11.7. The SMILES string of the molecule is CC(CC(N)=O)NCc1cnc(C(C)(C)C)s1. The number of carbonyl (C=O) groups excluding carboxylic acids is 1. The Morgan fingerprint density at radius 3 is 2.71 bits per heavy atom. The Kier molecular flexibility index (Phi) is 4.65. The van der Waals surface area contributed by atoms with Crippen LogP contribution in [-0.2, 0) is 16.8 Å². The Hall–Kier alpha value is -0.940. The Morgan fingerprint density at radius 1 is 1.59 bits per heavy atom. The van der Waals surface area contributed by atoms with Gasteiger partial charge in [0, 0.05) is 35.5 Å². The van der Waals surface area contributed by atoms with E-state index in [4.69, 9.17) is 5.73 Å². The minimum atomic E-state index is -0.273. The first-order chi connectivity index (χ1) is 7.79. The highest BCUT2D eigenvalue weighted by Crippen LogP contribution is 2.26. The fourth-order valence-electron chi connectivity index (χ4n) is 1.38. The van der Waals surface area contributed by atoms with E-state index < -0.39 is 0 Å². The molecule has 0 aliphatic carbocycles. The van der Waals surface area contributed by atoms with Crippen molar-refractivity contribution in [3.05, 3.63) is 16.1 Å². The van der Waals surface area contributed by atoms with Crippen LogP contribution in [0.3, 0.4) is 0 Å². The van der Waals surface area contributed by atoms with E-state index in [-0.39, 0.29) is 17.4 Å². The van der Waals surface area contributed by atoms with Crippen molar-refractivity contribution in [1.29, 1.82) is 0 Å². The van der Waals surface area contributed by atoms with Crippen LogP contribution in [0.15, 0.2) is 6.20 Å². The molecule has 1 amide bonds. The van der Waals surface area contributed by atoms with E-state index in [1.54, 1.807) is 11.3 Å². The van der Waals surface area contributed by atoms with E-state index in [1.807, 2.05) is 13.1 Å². The van der Waals surface area contributed by atoms with Crippen LogP contribution < -0.4 is 11.1 Å². The predicted molar refractivity (Wildman–Crippen MR) is 70.9 cm³/mol. The number of rotatable bonds is 5. The van der Waals surface area contributed by atoms with Crippen molar-refractivity contribution in [2.75, 3.05) is 0 Å². The molecule has 1 heterocycles. The molecule has 1 atom stereocenters. The average molecular weight is 255 g/mol. The number of carbonyl (C=O) groups is 1. The van der Waals surface area contributed by atoms with Crippen LogP contribution >= 0.6 is 11.3 Å². The predicted octanol–water partition coefficient (Wildman–Crippen LogP) is 1.79. The normalized spacial score (nSPS) is 13.6. The molecule has 0 aliphatic rings. The summed E-state index contributed by atoms with van der Waals surface area (Å²) in [4.78, 5) is 16.3. The molecule has 0 aromatic carbocycles. The van der Waals surface area contributed by atoms with E-state index in [2.05, 4.69) is 31.1 Å². The summed E-state index contributed by atoms with van der Waals surface area (Å²) in [5.74, 6) is -0.273. The summed E-state index contributed by atoms with van der Waals surface area (Å²) in [5, 5.41) is 4.40. The summed E-state index contributed by atoms with van der Waals surface area (Å²) in [7, 11) is 0. The first-order valence-electron chi connectivity index (χ1n) is 5.76. The summed E-state index contributed by atoms with van der Waals surface area (Å²) in [6.07, 6.45) is 2.26. The van der Waals surface area contributed by atoms with E-state index >= 15 is 0 Å². The molecule has 0 radical (unpaired) electrons. The molecule has 0 saturated heterocycles. The van der Waals surface area contributed by atoms with Gasteiger partial charge in [0.2, 0.25) is 5.91 Å². The molecule has 1 aromatic rings. The third-order valence-corrected chi connectivity index (χ3v) is 3.75. The van der Waals surface area contributed by atoms with Gasteiger partial charge in [-0.25, -0.2) is 4.98 Å². The van der Waals surface area contributed by atoms with Crippen molar-refractivity contribution in [3.63, 3.8) is 0 Å². The van der Waals surface area contributed by atoms with Crippen molar-refractivity contribution < 1.29 is 4.79 Å². The van der Waals surface area contributed by atoms with Crippen LogP contribution in [0, 0.1) is 0 Å². The Labute approximate surface area is 107 Å². The van der Waals surface area contributed by atoms with Gasteiger partial charge in [0.25, 0.3) is 0 Å². The molecule has 1 aromatic heterocycles. The van der Waals surface area contributed by atoms with Crippen LogP contribution in [0.1, 0.15) is 44.0 Å². The molecule has 3 N–H and O–H groups in total. The van der Waals surface area contributed by atoms with Gasteiger partial charge in [-0.05, 0) is 6.92 Å². The number of amides is 1. The van der Waals surface area contributed by atoms with Gasteiger partial charge in [0.1, 0.15) is 0 Å². The highest BCUT2D eigenvalue weighted by Gasteiger charge is 2.18.